The molecule has 0 unspecified atom stereocenters. The van der Waals surface area contributed by atoms with E-state index in [9.17, 15) is 13.2 Å². The summed E-state index contributed by atoms with van der Waals surface area (Å²) >= 11 is 0. The Morgan fingerprint density at radius 2 is 1.62 bits per heavy atom. The summed E-state index contributed by atoms with van der Waals surface area (Å²) in [5.74, 6) is 0.491. The van der Waals surface area contributed by atoms with E-state index in [1.807, 2.05) is 0 Å². The second kappa shape index (κ2) is 6.95. The van der Waals surface area contributed by atoms with Crippen molar-refractivity contribution < 1.29 is 17.9 Å². The van der Waals surface area contributed by atoms with E-state index in [-0.39, 0.29) is 5.75 Å². The van der Waals surface area contributed by atoms with Crippen LogP contribution in [-0.2, 0) is 19.4 Å². The highest BCUT2D eigenvalue weighted by Gasteiger charge is 2.32. The number of fused-ring (bicyclic) bond motifs is 2. The molecule has 2 atom stereocenters. The lowest BCUT2D eigenvalue weighted by Gasteiger charge is -2.42. The van der Waals surface area contributed by atoms with E-state index in [1.54, 1.807) is 12.1 Å². The van der Waals surface area contributed by atoms with Crippen LogP contribution < -0.4 is 4.74 Å². The number of nitrogens with zero attached hydrogens (tertiary/aromatic N) is 1. The number of halogens is 3. The lowest BCUT2D eigenvalue weighted by Crippen LogP contribution is -2.46. The van der Waals surface area contributed by atoms with Crippen molar-refractivity contribution in [2.45, 2.75) is 44.6 Å². The van der Waals surface area contributed by atoms with Crippen LogP contribution in [0.1, 0.15) is 29.5 Å². The average molecular weight is 361 g/mol. The zero-order valence-electron chi connectivity index (χ0n) is 14.5. The first-order valence-electron chi connectivity index (χ1n) is 9.12. The third-order valence-electron chi connectivity index (χ3n) is 5.54. The van der Waals surface area contributed by atoms with E-state index in [1.165, 1.54) is 36.1 Å². The smallest absolute Gasteiger partial charge is 0.406 e. The minimum Gasteiger partial charge on any atom is -0.406 e. The molecule has 5 rings (SSSR count). The second-order valence-electron chi connectivity index (χ2n) is 7.40. The predicted octanol–water partition coefficient (Wildman–Crippen LogP) is 4.96. The van der Waals surface area contributed by atoms with Gasteiger partial charge >= 0.3 is 6.36 Å². The van der Waals surface area contributed by atoms with Crippen molar-refractivity contribution >= 4 is 0 Å². The lowest BCUT2D eigenvalue weighted by atomic mass is 9.80. The molecule has 1 fully saturated rings. The molecule has 2 bridgehead atoms. The summed E-state index contributed by atoms with van der Waals surface area (Å²) in [4.78, 5) is 2.50. The fourth-order valence-corrected chi connectivity index (χ4v) is 4.33. The Hall–Kier alpha value is -2.01. The van der Waals surface area contributed by atoms with Crippen LogP contribution >= 0.6 is 0 Å². The molecular formula is C21H22F3NO. The summed E-state index contributed by atoms with van der Waals surface area (Å²) in [7, 11) is 0. The van der Waals surface area contributed by atoms with E-state index in [0.717, 1.165) is 31.5 Å². The van der Waals surface area contributed by atoms with Gasteiger partial charge in [-0.15, -0.1) is 13.2 Å². The molecule has 3 aliphatic rings. The van der Waals surface area contributed by atoms with Gasteiger partial charge in [-0.25, -0.2) is 0 Å². The lowest BCUT2D eigenvalue weighted by molar-refractivity contribution is -0.274. The van der Waals surface area contributed by atoms with Gasteiger partial charge in [0.15, 0.2) is 0 Å². The van der Waals surface area contributed by atoms with Crippen molar-refractivity contribution in [1.82, 2.24) is 4.90 Å². The third-order valence-corrected chi connectivity index (χ3v) is 5.54. The van der Waals surface area contributed by atoms with Crippen LogP contribution in [-0.4, -0.2) is 23.8 Å². The Bertz CT molecular complexity index is 757. The quantitative estimate of drug-likeness (QED) is 0.766. The third kappa shape index (κ3) is 4.04. The molecule has 2 aliphatic heterocycles. The van der Waals surface area contributed by atoms with Crippen LogP contribution in [0.15, 0.2) is 48.5 Å². The molecule has 26 heavy (non-hydrogen) atoms. The molecule has 0 radical (unpaired) electrons. The van der Waals surface area contributed by atoms with Gasteiger partial charge in [0.2, 0.25) is 0 Å². The topological polar surface area (TPSA) is 12.5 Å². The van der Waals surface area contributed by atoms with E-state index in [0.29, 0.717) is 12.0 Å². The Balaban J connectivity index is 1.47. The summed E-state index contributed by atoms with van der Waals surface area (Å²) in [6.45, 7) is 1.83. The molecule has 2 aromatic rings. The maximum Gasteiger partial charge on any atom is 0.573 e. The molecular weight excluding hydrogens is 339 g/mol. The molecule has 0 amide bonds. The minimum atomic E-state index is -4.64. The largest absolute Gasteiger partial charge is 0.573 e. The molecule has 0 N–H and O–H groups in total. The first-order chi connectivity index (χ1) is 12.5. The summed E-state index contributed by atoms with van der Waals surface area (Å²) in [5.41, 5.74) is 3.95. The molecule has 0 saturated carbocycles. The first kappa shape index (κ1) is 17.4. The van der Waals surface area contributed by atoms with Crippen LogP contribution in [0.3, 0.4) is 0 Å². The van der Waals surface area contributed by atoms with E-state index < -0.39 is 6.36 Å². The van der Waals surface area contributed by atoms with Gasteiger partial charge < -0.3 is 4.74 Å². The highest BCUT2D eigenvalue weighted by atomic mass is 19.4. The Morgan fingerprint density at radius 3 is 2.31 bits per heavy atom. The number of hydrogen-bond acceptors (Lipinski definition) is 2. The number of alkyl halides is 3. The minimum absolute atomic E-state index is 0.163. The van der Waals surface area contributed by atoms with E-state index >= 15 is 0 Å². The average Bonchev–Trinajstić information content (AvgIpc) is 2.56. The molecule has 1 aliphatic carbocycles. The van der Waals surface area contributed by atoms with Crippen molar-refractivity contribution in [3.05, 3.63) is 65.2 Å². The molecule has 2 nitrogen and oxygen atoms in total. The molecule has 2 heterocycles. The normalized spacial score (nSPS) is 23.2. The van der Waals surface area contributed by atoms with Crippen molar-refractivity contribution in [2.24, 2.45) is 5.92 Å². The molecule has 0 spiro atoms. The summed E-state index contributed by atoms with van der Waals surface area (Å²) < 4.78 is 40.8. The molecule has 0 aromatic heterocycles. The van der Waals surface area contributed by atoms with Gasteiger partial charge in [0.1, 0.15) is 5.75 Å². The highest BCUT2D eigenvalue weighted by molar-refractivity contribution is 5.31. The zero-order valence-corrected chi connectivity index (χ0v) is 14.5. The highest BCUT2D eigenvalue weighted by Crippen LogP contribution is 2.33. The number of hydrogen-bond donors (Lipinski definition) is 0. The fraction of sp³-hybridized carbons (Fsp3) is 0.429. The van der Waals surface area contributed by atoms with Crippen molar-refractivity contribution in [3.8, 4) is 5.75 Å². The summed E-state index contributed by atoms with van der Waals surface area (Å²) in [5, 5.41) is 0. The van der Waals surface area contributed by atoms with Crippen LogP contribution in [0.5, 0.6) is 5.75 Å². The fourth-order valence-electron chi connectivity index (χ4n) is 4.33. The van der Waals surface area contributed by atoms with E-state index in [4.69, 9.17) is 0 Å². The Labute approximate surface area is 151 Å². The standard InChI is InChI=1S/C21H22F3NO/c22-21(23,24)26-20-9-6-15(7-10-20)13-25-14-16-5-8-19(25)12-18-4-2-1-3-17(18)11-16/h1-4,6-7,9-10,16,19H,5,8,11-14H2/t16-,19+/m1/s1. The molecule has 2 aromatic carbocycles. The Morgan fingerprint density at radius 1 is 0.923 bits per heavy atom. The number of ether oxygens (including phenoxy) is 1. The van der Waals surface area contributed by atoms with Gasteiger partial charge in [0.05, 0.1) is 0 Å². The second-order valence-corrected chi connectivity index (χ2v) is 7.40. The van der Waals surface area contributed by atoms with Crippen molar-refractivity contribution in [2.75, 3.05) is 6.54 Å². The first-order valence-corrected chi connectivity index (χ1v) is 9.12. The maximum atomic E-state index is 12.3. The van der Waals surface area contributed by atoms with Gasteiger partial charge in [-0.05, 0) is 60.4 Å². The maximum absolute atomic E-state index is 12.3. The van der Waals surface area contributed by atoms with Crippen LogP contribution in [0.25, 0.3) is 0 Å². The van der Waals surface area contributed by atoms with Gasteiger partial charge in [-0.2, -0.15) is 0 Å². The van der Waals surface area contributed by atoms with Gasteiger partial charge in [-0.1, -0.05) is 36.4 Å². The number of piperidine rings is 1. The monoisotopic (exact) mass is 361 g/mol. The molecule has 138 valence electrons. The van der Waals surface area contributed by atoms with Gasteiger partial charge in [-0.3, -0.25) is 4.90 Å². The summed E-state index contributed by atoms with van der Waals surface area (Å²) in [6, 6.07) is 15.5. The van der Waals surface area contributed by atoms with Crippen LogP contribution in [0.4, 0.5) is 13.2 Å². The van der Waals surface area contributed by atoms with Gasteiger partial charge in [0.25, 0.3) is 0 Å². The zero-order chi connectivity index (χ0) is 18.1. The summed E-state index contributed by atoms with van der Waals surface area (Å²) in [6.07, 6.45) is -0.0187. The van der Waals surface area contributed by atoms with Gasteiger partial charge in [0, 0.05) is 19.1 Å². The van der Waals surface area contributed by atoms with E-state index in [2.05, 4.69) is 33.9 Å². The SMILES string of the molecule is FC(F)(F)Oc1ccc(CN2C[C@@H]3CC[C@H]2Cc2ccccc2C3)cc1. The number of benzene rings is 2. The van der Waals surface area contributed by atoms with Crippen molar-refractivity contribution in [1.29, 1.82) is 0 Å². The number of rotatable bonds is 3. The van der Waals surface area contributed by atoms with Crippen LogP contribution in [0.2, 0.25) is 0 Å². The molecule has 5 heteroatoms. The molecule has 1 saturated heterocycles. The Kier molecular flexibility index (Phi) is 4.65. The predicted molar refractivity (Wildman–Crippen MR) is 93.9 cm³/mol. The van der Waals surface area contributed by atoms with Crippen molar-refractivity contribution in [3.63, 3.8) is 0 Å². The van der Waals surface area contributed by atoms with Crippen LogP contribution in [0, 0.1) is 5.92 Å².